The molecule has 2 saturated heterocycles. The van der Waals surface area contributed by atoms with E-state index < -0.39 is 5.82 Å². The largest absolute Gasteiger partial charge is 0.497 e. The van der Waals surface area contributed by atoms with Crippen molar-refractivity contribution in [3.8, 4) is 16.9 Å². The molecule has 25 heavy (non-hydrogen) atoms. The van der Waals surface area contributed by atoms with E-state index in [-0.39, 0.29) is 11.5 Å². The molecule has 0 radical (unpaired) electrons. The molecule has 130 valence electrons. The van der Waals surface area contributed by atoms with Crippen LogP contribution in [0.4, 0.5) is 4.39 Å². The quantitative estimate of drug-likeness (QED) is 0.934. The number of hydrogen-bond acceptors (Lipinski definition) is 3. The van der Waals surface area contributed by atoms with Crippen LogP contribution in [0.5, 0.6) is 5.75 Å². The fourth-order valence-electron chi connectivity index (χ4n) is 3.84. The van der Waals surface area contributed by atoms with E-state index in [1.165, 1.54) is 6.07 Å². The molecule has 2 aliphatic rings. The van der Waals surface area contributed by atoms with Crippen molar-refractivity contribution in [3.63, 3.8) is 0 Å². The number of nitrogens with zero attached hydrogens (tertiary/aromatic N) is 1. The first-order valence-corrected chi connectivity index (χ1v) is 8.59. The number of hydrogen-bond donors (Lipinski definition) is 1. The Morgan fingerprint density at radius 3 is 2.32 bits per heavy atom. The van der Waals surface area contributed by atoms with Gasteiger partial charge in [0.1, 0.15) is 11.6 Å². The molecule has 2 aromatic rings. The van der Waals surface area contributed by atoms with Crippen LogP contribution >= 0.6 is 0 Å². The van der Waals surface area contributed by atoms with E-state index in [9.17, 15) is 9.18 Å². The topological polar surface area (TPSA) is 41.6 Å². The highest BCUT2D eigenvalue weighted by Gasteiger charge is 2.38. The minimum Gasteiger partial charge on any atom is -0.497 e. The molecule has 0 aromatic heterocycles. The molecule has 2 heterocycles. The highest BCUT2D eigenvalue weighted by Crippen LogP contribution is 2.29. The molecule has 4 nitrogen and oxygen atoms in total. The molecule has 0 saturated carbocycles. The number of methoxy groups -OCH3 is 1. The smallest absolute Gasteiger partial charge is 0.256 e. The number of amides is 1. The van der Waals surface area contributed by atoms with Crippen molar-refractivity contribution in [2.45, 2.75) is 0 Å². The van der Waals surface area contributed by atoms with Gasteiger partial charge in [-0.25, -0.2) is 4.39 Å². The van der Waals surface area contributed by atoms with Gasteiger partial charge in [-0.1, -0.05) is 18.2 Å². The summed E-state index contributed by atoms with van der Waals surface area (Å²) in [5.74, 6) is 1.10. The number of nitrogens with one attached hydrogen (secondary N) is 1. The summed E-state index contributed by atoms with van der Waals surface area (Å²) in [5.41, 5.74) is 1.80. The lowest BCUT2D eigenvalue weighted by atomic mass is 10.0. The maximum absolute atomic E-state index is 14.6. The number of fused-ring (bicyclic) bond motifs is 1. The van der Waals surface area contributed by atoms with Crippen LogP contribution in [-0.2, 0) is 0 Å². The summed E-state index contributed by atoms with van der Waals surface area (Å²) in [6.07, 6.45) is 0. The maximum Gasteiger partial charge on any atom is 0.256 e. The summed E-state index contributed by atoms with van der Waals surface area (Å²) in [5, 5.41) is 3.35. The number of rotatable bonds is 3. The van der Waals surface area contributed by atoms with Gasteiger partial charge in [0.15, 0.2) is 0 Å². The lowest BCUT2D eigenvalue weighted by molar-refractivity contribution is 0.0777. The molecule has 5 heteroatoms. The van der Waals surface area contributed by atoms with Crippen molar-refractivity contribution < 1.29 is 13.9 Å². The van der Waals surface area contributed by atoms with Gasteiger partial charge in [0.25, 0.3) is 5.91 Å². The summed E-state index contributed by atoms with van der Waals surface area (Å²) >= 11 is 0. The molecule has 1 N–H and O–H groups in total. The fourth-order valence-corrected chi connectivity index (χ4v) is 3.84. The van der Waals surface area contributed by atoms with Crippen LogP contribution < -0.4 is 10.1 Å². The Labute approximate surface area is 146 Å². The first-order valence-electron chi connectivity index (χ1n) is 8.59. The van der Waals surface area contributed by atoms with Crippen LogP contribution in [0.1, 0.15) is 10.4 Å². The van der Waals surface area contributed by atoms with Gasteiger partial charge in [0, 0.05) is 26.2 Å². The molecule has 0 unspecified atom stereocenters. The molecular formula is C20H21FN2O2. The van der Waals surface area contributed by atoms with Crippen LogP contribution in [0.25, 0.3) is 11.1 Å². The van der Waals surface area contributed by atoms with Crippen LogP contribution in [-0.4, -0.2) is 44.1 Å². The van der Waals surface area contributed by atoms with E-state index in [1.807, 2.05) is 24.3 Å². The van der Waals surface area contributed by atoms with Crippen LogP contribution in [0.15, 0.2) is 42.5 Å². The molecule has 4 rings (SSSR count). The highest BCUT2D eigenvalue weighted by molar-refractivity contribution is 5.95. The van der Waals surface area contributed by atoms with Crippen molar-refractivity contribution in [2.75, 3.05) is 33.3 Å². The molecule has 2 atom stereocenters. The summed E-state index contributed by atoms with van der Waals surface area (Å²) < 4.78 is 19.7. The third-order valence-corrected chi connectivity index (χ3v) is 5.30. The Kier molecular flexibility index (Phi) is 4.17. The zero-order valence-electron chi connectivity index (χ0n) is 14.2. The lowest BCUT2D eigenvalue weighted by Gasteiger charge is -2.18. The first kappa shape index (κ1) is 16.1. The second kappa shape index (κ2) is 6.48. The van der Waals surface area contributed by atoms with Gasteiger partial charge in [-0.05, 0) is 47.2 Å². The normalized spacial score (nSPS) is 22.1. The third kappa shape index (κ3) is 3.00. The Morgan fingerprint density at radius 1 is 1.08 bits per heavy atom. The average molecular weight is 340 g/mol. The van der Waals surface area contributed by atoms with E-state index >= 15 is 0 Å². The van der Waals surface area contributed by atoms with Crippen molar-refractivity contribution in [1.82, 2.24) is 10.2 Å². The number of likely N-dealkylation sites (tertiary alicyclic amines) is 1. The first-order chi connectivity index (χ1) is 12.2. The molecule has 1 amide bonds. The summed E-state index contributed by atoms with van der Waals surface area (Å²) in [6.45, 7) is 3.34. The predicted octanol–water partition coefficient (Wildman–Crippen LogP) is 2.79. The van der Waals surface area contributed by atoms with Gasteiger partial charge >= 0.3 is 0 Å². The minimum atomic E-state index is -0.464. The highest BCUT2D eigenvalue weighted by atomic mass is 19.1. The Morgan fingerprint density at radius 2 is 1.72 bits per heavy atom. The zero-order valence-corrected chi connectivity index (χ0v) is 14.2. The predicted molar refractivity (Wildman–Crippen MR) is 94.1 cm³/mol. The van der Waals surface area contributed by atoms with Gasteiger partial charge in [0.2, 0.25) is 0 Å². The Balaban J connectivity index is 1.54. The molecule has 2 aromatic carbocycles. The Hall–Kier alpha value is -2.40. The zero-order chi connectivity index (χ0) is 17.4. The minimum absolute atomic E-state index is 0.158. The average Bonchev–Trinajstić information content (AvgIpc) is 3.23. The molecule has 0 spiro atoms. The summed E-state index contributed by atoms with van der Waals surface area (Å²) in [7, 11) is 1.61. The summed E-state index contributed by atoms with van der Waals surface area (Å²) in [4.78, 5) is 14.5. The van der Waals surface area contributed by atoms with Gasteiger partial charge in [0.05, 0.1) is 12.7 Å². The number of carbonyl (C=O) groups is 1. The van der Waals surface area contributed by atoms with Crippen molar-refractivity contribution in [1.29, 1.82) is 0 Å². The fraction of sp³-hybridized carbons (Fsp3) is 0.350. The Bertz CT molecular complexity index is 779. The number of halogens is 1. The van der Waals surface area contributed by atoms with Crippen LogP contribution in [0.3, 0.4) is 0 Å². The van der Waals surface area contributed by atoms with E-state index in [1.54, 1.807) is 24.1 Å². The molecular weight excluding hydrogens is 319 g/mol. The van der Waals surface area contributed by atoms with E-state index in [4.69, 9.17) is 4.74 Å². The van der Waals surface area contributed by atoms with Crippen molar-refractivity contribution >= 4 is 5.91 Å². The van der Waals surface area contributed by atoms with E-state index in [2.05, 4.69) is 5.32 Å². The third-order valence-electron chi connectivity index (χ3n) is 5.30. The van der Waals surface area contributed by atoms with Gasteiger partial charge in [-0.3, -0.25) is 4.79 Å². The van der Waals surface area contributed by atoms with Crippen LogP contribution in [0, 0.1) is 17.7 Å². The van der Waals surface area contributed by atoms with E-state index in [0.717, 1.165) is 43.1 Å². The summed E-state index contributed by atoms with van der Waals surface area (Å²) in [6, 6.07) is 12.3. The molecule has 2 aliphatic heterocycles. The standard InChI is InChI=1S/C20H21FN2O2/c1-25-17-5-2-13(3-6-17)14-4-7-18(19(21)8-14)20(24)23-11-15-9-22-10-16(15)12-23/h2-8,15-16,22H,9-12H2,1H3/t15-,16+. The second-order valence-electron chi connectivity index (χ2n) is 6.81. The van der Waals surface area contributed by atoms with Gasteiger partial charge < -0.3 is 15.0 Å². The monoisotopic (exact) mass is 340 g/mol. The molecule has 2 fully saturated rings. The van der Waals surface area contributed by atoms with Gasteiger partial charge in [-0.2, -0.15) is 0 Å². The maximum atomic E-state index is 14.6. The molecule has 0 aliphatic carbocycles. The second-order valence-corrected chi connectivity index (χ2v) is 6.81. The lowest BCUT2D eigenvalue weighted by Crippen LogP contribution is -2.32. The number of benzene rings is 2. The van der Waals surface area contributed by atoms with Crippen LogP contribution in [0.2, 0.25) is 0 Å². The van der Waals surface area contributed by atoms with Crippen molar-refractivity contribution in [2.24, 2.45) is 11.8 Å². The number of carbonyl (C=O) groups excluding carboxylic acids is 1. The molecule has 0 bridgehead atoms. The SMILES string of the molecule is COc1ccc(-c2ccc(C(=O)N3C[C@H]4CNC[C@H]4C3)c(F)c2)cc1. The van der Waals surface area contributed by atoms with E-state index in [0.29, 0.717) is 11.8 Å². The van der Waals surface area contributed by atoms with Crippen molar-refractivity contribution in [3.05, 3.63) is 53.8 Å². The van der Waals surface area contributed by atoms with Gasteiger partial charge in [-0.15, -0.1) is 0 Å². The number of ether oxygens (including phenoxy) is 1.